The van der Waals surface area contributed by atoms with Gasteiger partial charge in [0.1, 0.15) is 18.3 Å². The molecule has 2 saturated carbocycles. The summed E-state index contributed by atoms with van der Waals surface area (Å²) in [5.41, 5.74) is -13.0. The van der Waals surface area contributed by atoms with Crippen LogP contribution in [0.2, 0.25) is 0 Å². The number of carbonyl (C=O) groups is 3. The van der Waals surface area contributed by atoms with Gasteiger partial charge in [0.25, 0.3) is 5.60 Å². The van der Waals surface area contributed by atoms with Crippen LogP contribution in [0.5, 0.6) is 0 Å². The summed E-state index contributed by atoms with van der Waals surface area (Å²) in [5.74, 6) is -6.88. The fourth-order valence-electron chi connectivity index (χ4n) is 5.97. The van der Waals surface area contributed by atoms with Gasteiger partial charge in [-0.05, 0) is 48.0 Å². The lowest BCUT2D eigenvalue weighted by Gasteiger charge is -2.42. The minimum Gasteiger partial charge on any atom is -0.459 e. The van der Waals surface area contributed by atoms with Gasteiger partial charge in [0, 0.05) is 23.8 Å². The summed E-state index contributed by atoms with van der Waals surface area (Å²) in [6.45, 7) is 5.46. The molecule has 0 spiro atoms. The second-order valence-electron chi connectivity index (χ2n) is 13.9. The molecule has 1 heterocycles. The number of aliphatic hydroxyl groups is 2. The molecule has 276 valence electrons. The van der Waals surface area contributed by atoms with Crippen molar-refractivity contribution in [1.29, 1.82) is 0 Å². The highest BCUT2D eigenvalue weighted by molar-refractivity contribution is 5.88. The fraction of sp³-hybridized carbons (Fsp3) is 0.828. The Morgan fingerprint density at radius 2 is 1.44 bits per heavy atom. The molecule has 3 aliphatic rings. The third-order valence-electron chi connectivity index (χ3n) is 9.07. The first-order chi connectivity index (χ1) is 21.4. The fourth-order valence-corrected chi connectivity index (χ4v) is 5.97. The molecule has 1 aliphatic heterocycles. The molecule has 2 aliphatic carbocycles. The van der Waals surface area contributed by atoms with E-state index >= 15 is 0 Å². The maximum Gasteiger partial charge on any atom is 0.428 e. The van der Waals surface area contributed by atoms with Crippen LogP contribution in [0.15, 0.2) is 12.2 Å². The molecule has 0 aromatic rings. The number of hydrogen-bond acceptors (Lipinski definition) is 10. The Morgan fingerprint density at radius 1 is 0.896 bits per heavy atom. The first-order valence-corrected chi connectivity index (χ1v) is 14.6. The van der Waals surface area contributed by atoms with E-state index in [0.717, 1.165) is 27.7 Å². The third kappa shape index (κ3) is 7.57. The van der Waals surface area contributed by atoms with Crippen LogP contribution in [0.4, 0.5) is 39.5 Å². The highest BCUT2D eigenvalue weighted by Gasteiger charge is 2.72. The molecule has 3 fully saturated rings. The number of rotatable bonds is 13. The summed E-state index contributed by atoms with van der Waals surface area (Å²) >= 11 is 0. The highest BCUT2D eigenvalue weighted by atomic mass is 19.4. The SMILES string of the molecule is C=C(C)C(=O)OC1C2CC3C1OC(=O)C3C2C(=O)OC(CC(C)(C)OCC(C)(O)C(F)(F)F)C(C)(C)OCC(O)(C(F)(F)F)C(F)(F)F. The summed E-state index contributed by atoms with van der Waals surface area (Å²) < 4.78 is 147. The molecule has 0 aromatic carbocycles. The number of ether oxygens (including phenoxy) is 5. The van der Waals surface area contributed by atoms with Gasteiger partial charge in [0.05, 0.1) is 36.3 Å². The van der Waals surface area contributed by atoms with Crippen LogP contribution >= 0.6 is 0 Å². The molecule has 48 heavy (non-hydrogen) atoms. The van der Waals surface area contributed by atoms with E-state index in [4.69, 9.17) is 23.7 Å². The van der Waals surface area contributed by atoms with Crippen LogP contribution in [-0.2, 0) is 38.1 Å². The van der Waals surface area contributed by atoms with Crippen molar-refractivity contribution >= 4 is 17.9 Å². The summed E-state index contributed by atoms with van der Waals surface area (Å²) in [7, 11) is 0. The minimum atomic E-state index is -6.28. The molecule has 0 radical (unpaired) electrons. The van der Waals surface area contributed by atoms with Gasteiger partial charge in [-0.2, -0.15) is 39.5 Å². The summed E-state index contributed by atoms with van der Waals surface area (Å²) in [6, 6.07) is 0. The molecular weight excluding hydrogens is 679 g/mol. The van der Waals surface area contributed by atoms with Crippen molar-refractivity contribution in [2.24, 2.45) is 23.7 Å². The van der Waals surface area contributed by atoms with Gasteiger partial charge < -0.3 is 33.9 Å². The Hall–Kier alpha value is -2.64. The average molecular weight is 717 g/mol. The lowest BCUT2D eigenvalue weighted by Crippen LogP contribution is -2.61. The predicted molar refractivity (Wildman–Crippen MR) is 141 cm³/mol. The van der Waals surface area contributed by atoms with Gasteiger partial charge in [0.2, 0.25) is 0 Å². The predicted octanol–water partition coefficient (Wildman–Crippen LogP) is 4.34. The van der Waals surface area contributed by atoms with E-state index in [1.54, 1.807) is 0 Å². The van der Waals surface area contributed by atoms with Crippen molar-refractivity contribution < 1.29 is 87.8 Å². The van der Waals surface area contributed by atoms with Gasteiger partial charge >= 0.3 is 36.4 Å². The number of fused-ring (bicyclic) bond motifs is 1. The smallest absolute Gasteiger partial charge is 0.428 e. The zero-order valence-electron chi connectivity index (χ0n) is 26.6. The molecular formula is C29H37F9O10. The zero-order valence-corrected chi connectivity index (χ0v) is 26.6. The van der Waals surface area contributed by atoms with Crippen molar-refractivity contribution in [3.8, 4) is 0 Å². The Kier molecular flexibility index (Phi) is 10.4. The first kappa shape index (κ1) is 39.8. The summed E-state index contributed by atoms with van der Waals surface area (Å²) in [6.07, 6.45) is -22.3. The molecule has 3 rings (SSSR count). The molecule has 2 N–H and O–H groups in total. The van der Waals surface area contributed by atoms with Crippen molar-refractivity contribution in [1.82, 2.24) is 0 Å². The maximum absolute atomic E-state index is 13.8. The molecule has 0 aromatic heterocycles. The van der Waals surface area contributed by atoms with Gasteiger partial charge in [0.15, 0.2) is 5.60 Å². The number of esters is 3. The Balaban J connectivity index is 1.94. The minimum absolute atomic E-state index is 0.0128. The van der Waals surface area contributed by atoms with Gasteiger partial charge in [-0.25, -0.2) is 4.79 Å². The number of carbonyl (C=O) groups excluding carboxylic acids is 3. The van der Waals surface area contributed by atoms with Crippen LogP contribution in [-0.4, -0.2) is 101 Å². The van der Waals surface area contributed by atoms with Crippen molar-refractivity contribution in [3.05, 3.63) is 12.2 Å². The van der Waals surface area contributed by atoms with E-state index in [0.29, 0.717) is 6.92 Å². The van der Waals surface area contributed by atoms with E-state index < -0.39 is 120 Å². The molecule has 2 bridgehead atoms. The Bertz CT molecular complexity index is 1260. The van der Waals surface area contributed by atoms with E-state index in [1.807, 2.05) is 0 Å². The molecule has 0 amide bonds. The highest BCUT2D eigenvalue weighted by Crippen LogP contribution is 2.59. The molecule has 19 heteroatoms. The standard InChI is InChI=1S/C29H37F9O10/c1-12(2)20(39)47-18-13-8-14-17(22(41)48-19(14)18)16(13)21(40)46-15(9-23(3,4)44-10-25(7,42)27(30,31)32)24(5,6)45-11-26(43,28(33,34)35)29(36,37)38/h13-19,42-43H,1,8-11H2,2-7H3. The topological polar surface area (TPSA) is 138 Å². The second-order valence-corrected chi connectivity index (χ2v) is 13.9. The van der Waals surface area contributed by atoms with Crippen LogP contribution < -0.4 is 0 Å². The lowest BCUT2D eigenvalue weighted by atomic mass is 9.78. The largest absolute Gasteiger partial charge is 0.459 e. The molecule has 1 saturated heterocycles. The number of halogens is 9. The van der Waals surface area contributed by atoms with Crippen molar-refractivity contribution in [3.63, 3.8) is 0 Å². The van der Waals surface area contributed by atoms with E-state index in [2.05, 4.69) is 6.58 Å². The van der Waals surface area contributed by atoms with Crippen LogP contribution in [0, 0.1) is 23.7 Å². The number of hydrogen-bond donors (Lipinski definition) is 2. The summed E-state index contributed by atoms with van der Waals surface area (Å²) in [4.78, 5) is 38.8. The lowest BCUT2D eigenvalue weighted by molar-refractivity contribution is -0.383. The zero-order chi connectivity index (χ0) is 37.2. The van der Waals surface area contributed by atoms with Gasteiger partial charge in [-0.1, -0.05) is 6.58 Å². The average Bonchev–Trinajstić information content (AvgIpc) is 3.52. The quantitative estimate of drug-likeness (QED) is 0.123. The number of alkyl halides is 9. The van der Waals surface area contributed by atoms with Crippen molar-refractivity contribution in [2.45, 2.75) is 114 Å². The van der Waals surface area contributed by atoms with E-state index in [9.17, 15) is 64.1 Å². The Morgan fingerprint density at radius 3 is 1.92 bits per heavy atom. The maximum atomic E-state index is 13.8. The first-order valence-electron chi connectivity index (χ1n) is 14.6. The van der Waals surface area contributed by atoms with Crippen molar-refractivity contribution in [2.75, 3.05) is 13.2 Å². The third-order valence-corrected chi connectivity index (χ3v) is 9.07. The van der Waals surface area contributed by atoms with Crippen LogP contribution in [0.25, 0.3) is 0 Å². The molecule has 10 nitrogen and oxygen atoms in total. The normalized spacial score (nSPS) is 28.1. The van der Waals surface area contributed by atoms with Gasteiger partial charge in [-0.15, -0.1) is 0 Å². The van der Waals surface area contributed by atoms with Crippen LogP contribution in [0.1, 0.15) is 54.4 Å². The van der Waals surface area contributed by atoms with Crippen LogP contribution in [0.3, 0.4) is 0 Å². The molecule has 8 unspecified atom stereocenters. The Labute approximate surface area is 268 Å². The second kappa shape index (κ2) is 12.6. The monoisotopic (exact) mass is 716 g/mol. The van der Waals surface area contributed by atoms with E-state index in [1.165, 1.54) is 6.92 Å². The van der Waals surface area contributed by atoms with Gasteiger partial charge in [-0.3, -0.25) is 9.59 Å². The summed E-state index contributed by atoms with van der Waals surface area (Å²) in [5, 5.41) is 19.4. The van der Waals surface area contributed by atoms with E-state index in [-0.39, 0.29) is 12.0 Å². The molecule has 8 atom stereocenters.